The number of esters is 1. The van der Waals surface area contributed by atoms with Crippen molar-refractivity contribution in [2.75, 3.05) is 30.4 Å². The van der Waals surface area contributed by atoms with E-state index in [4.69, 9.17) is 4.74 Å². The Morgan fingerprint density at radius 2 is 2.07 bits per heavy atom. The predicted octanol–water partition coefficient (Wildman–Crippen LogP) is 0.980. The van der Waals surface area contributed by atoms with Crippen LogP contribution in [0.3, 0.4) is 0 Å². The number of carbonyl (C=O) groups excluding carboxylic acids is 2. The number of thiophene rings is 1. The van der Waals surface area contributed by atoms with E-state index in [1.54, 1.807) is 28.5 Å². The summed E-state index contributed by atoms with van der Waals surface area (Å²) in [5.41, 5.74) is 0.361. The maximum Gasteiger partial charge on any atom is 0.340 e. The molecular weight excluding hydrogens is 370 g/mol. The van der Waals surface area contributed by atoms with Gasteiger partial charge >= 0.3 is 5.97 Å². The van der Waals surface area contributed by atoms with Crippen molar-refractivity contribution in [3.63, 3.8) is 0 Å². The SMILES string of the molecule is COC(=O)c1ccsc1NC(=O)C1CN(c2cc(-n3cncn3)ncn2)C1. The Kier molecular flexibility index (Phi) is 4.50. The van der Waals surface area contributed by atoms with Gasteiger partial charge in [0.25, 0.3) is 0 Å². The molecule has 0 bridgehead atoms. The Morgan fingerprint density at radius 3 is 2.81 bits per heavy atom. The standard InChI is InChI=1S/C16H15N7O3S/c1-26-16(25)11-2-3-27-15(11)21-14(24)10-5-22(6-10)12-4-13(19-8-18-12)23-9-17-7-20-23/h2-4,7-10H,5-6H2,1H3,(H,21,24). The van der Waals surface area contributed by atoms with E-state index in [2.05, 4.69) is 25.4 Å². The average Bonchev–Trinajstić information content (AvgIpc) is 3.32. The highest BCUT2D eigenvalue weighted by molar-refractivity contribution is 7.14. The van der Waals surface area contributed by atoms with Crippen molar-refractivity contribution in [3.8, 4) is 5.82 Å². The summed E-state index contributed by atoms with van der Waals surface area (Å²) in [4.78, 5) is 38.4. The monoisotopic (exact) mass is 385 g/mol. The number of carbonyl (C=O) groups is 2. The van der Waals surface area contributed by atoms with Crippen LogP contribution in [0.4, 0.5) is 10.8 Å². The Bertz CT molecular complexity index is 966. The number of hydrogen-bond donors (Lipinski definition) is 1. The quantitative estimate of drug-likeness (QED) is 0.646. The van der Waals surface area contributed by atoms with Crippen molar-refractivity contribution in [2.45, 2.75) is 0 Å². The van der Waals surface area contributed by atoms with Crippen LogP contribution >= 0.6 is 11.3 Å². The highest BCUT2D eigenvalue weighted by Gasteiger charge is 2.34. The minimum absolute atomic E-state index is 0.135. The molecule has 138 valence electrons. The summed E-state index contributed by atoms with van der Waals surface area (Å²) in [6, 6.07) is 3.42. The van der Waals surface area contributed by atoms with Gasteiger partial charge in [-0.05, 0) is 11.4 Å². The molecule has 4 heterocycles. The molecule has 0 unspecified atom stereocenters. The third-order valence-electron chi connectivity index (χ3n) is 4.18. The van der Waals surface area contributed by atoms with Gasteiger partial charge in [0.1, 0.15) is 29.8 Å². The largest absolute Gasteiger partial charge is 0.465 e. The van der Waals surface area contributed by atoms with E-state index in [1.165, 1.54) is 31.1 Å². The molecule has 0 aromatic carbocycles. The molecule has 0 spiro atoms. The van der Waals surface area contributed by atoms with Gasteiger partial charge in [-0.2, -0.15) is 5.10 Å². The molecule has 1 N–H and O–H groups in total. The first-order valence-electron chi connectivity index (χ1n) is 8.04. The van der Waals surface area contributed by atoms with Crippen LogP contribution in [0.1, 0.15) is 10.4 Å². The minimum Gasteiger partial charge on any atom is -0.465 e. The molecule has 1 aliphatic heterocycles. The molecule has 10 nitrogen and oxygen atoms in total. The molecule has 1 saturated heterocycles. The van der Waals surface area contributed by atoms with Crippen LogP contribution in [0, 0.1) is 5.92 Å². The maximum atomic E-state index is 12.4. The zero-order chi connectivity index (χ0) is 18.8. The fourth-order valence-electron chi connectivity index (χ4n) is 2.68. The zero-order valence-electron chi connectivity index (χ0n) is 14.3. The van der Waals surface area contributed by atoms with Gasteiger partial charge in [-0.3, -0.25) is 4.79 Å². The topological polar surface area (TPSA) is 115 Å². The fourth-order valence-corrected chi connectivity index (χ4v) is 3.46. The second-order valence-corrected chi connectivity index (χ2v) is 6.74. The maximum absolute atomic E-state index is 12.4. The van der Waals surface area contributed by atoms with Crippen LogP contribution < -0.4 is 10.2 Å². The molecule has 0 atom stereocenters. The number of nitrogens with one attached hydrogen (secondary N) is 1. The molecule has 0 saturated carbocycles. The molecule has 1 fully saturated rings. The summed E-state index contributed by atoms with van der Waals surface area (Å²) in [6.07, 6.45) is 4.44. The van der Waals surface area contributed by atoms with E-state index in [1.807, 2.05) is 4.90 Å². The highest BCUT2D eigenvalue weighted by Crippen LogP contribution is 2.28. The van der Waals surface area contributed by atoms with Gasteiger partial charge in [-0.1, -0.05) is 0 Å². The second kappa shape index (κ2) is 7.11. The molecule has 1 aliphatic rings. The summed E-state index contributed by atoms with van der Waals surface area (Å²) >= 11 is 1.29. The molecule has 27 heavy (non-hydrogen) atoms. The van der Waals surface area contributed by atoms with Crippen molar-refractivity contribution in [2.24, 2.45) is 5.92 Å². The Balaban J connectivity index is 1.38. The van der Waals surface area contributed by atoms with E-state index in [-0.39, 0.29) is 11.8 Å². The van der Waals surface area contributed by atoms with Crippen LogP contribution in [0.15, 0.2) is 36.5 Å². The van der Waals surface area contributed by atoms with Gasteiger partial charge in [-0.25, -0.2) is 24.4 Å². The van der Waals surface area contributed by atoms with Crippen molar-refractivity contribution in [1.82, 2.24) is 24.7 Å². The molecular formula is C16H15N7O3S. The Hall–Kier alpha value is -3.34. The van der Waals surface area contributed by atoms with Crippen LogP contribution in [0.2, 0.25) is 0 Å². The molecule has 11 heteroatoms. The molecule has 0 radical (unpaired) electrons. The van der Waals surface area contributed by atoms with Crippen LogP contribution in [0.25, 0.3) is 5.82 Å². The average molecular weight is 385 g/mol. The first-order chi connectivity index (χ1) is 13.2. The fraction of sp³-hybridized carbons (Fsp3) is 0.250. The van der Waals surface area contributed by atoms with E-state index < -0.39 is 5.97 Å². The van der Waals surface area contributed by atoms with E-state index in [9.17, 15) is 9.59 Å². The minimum atomic E-state index is -0.469. The van der Waals surface area contributed by atoms with Gasteiger partial charge in [0, 0.05) is 19.2 Å². The number of hydrogen-bond acceptors (Lipinski definition) is 9. The smallest absolute Gasteiger partial charge is 0.340 e. The Morgan fingerprint density at radius 1 is 1.26 bits per heavy atom. The first kappa shape index (κ1) is 17.1. The number of rotatable bonds is 5. The van der Waals surface area contributed by atoms with Gasteiger partial charge in [0.2, 0.25) is 5.91 Å². The summed E-state index contributed by atoms with van der Waals surface area (Å²) in [7, 11) is 1.31. The lowest BCUT2D eigenvalue weighted by Crippen LogP contribution is -2.52. The third kappa shape index (κ3) is 3.36. The predicted molar refractivity (Wildman–Crippen MR) is 96.9 cm³/mol. The lowest BCUT2D eigenvalue weighted by Gasteiger charge is -2.39. The number of aromatic nitrogens is 5. The van der Waals surface area contributed by atoms with Gasteiger partial charge in [0.05, 0.1) is 18.6 Å². The number of ether oxygens (including phenoxy) is 1. The normalized spacial score (nSPS) is 13.9. The number of amides is 1. The summed E-state index contributed by atoms with van der Waals surface area (Å²) in [5, 5.41) is 9.09. The molecule has 3 aromatic heterocycles. The Labute approximate surface area is 157 Å². The first-order valence-corrected chi connectivity index (χ1v) is 8.92. The second-order valence-electron chi connectivity index (χ2n) is 5.82. The number of anilines is 2. The zero-order valence-corrected chi connectivity index (χ0v) is 15.1. The van der Waals surface area contributed by atoms with Crippen molar-refractivity contribution < 1.29 is 14.3 Å². The molecule has 4 rings (SSSR count). The van der Waals surface area contributed by atoms with Gasteiger partial charge in [0.15, 0.2) is 5.82 Å². The number of methoxy groups -OCH3 is 1. The van der Waals surface area contributed by atoms with Crippen LogP contribution in [-0.4, -0.2) is 56.8 Å². The lowest BCUT2D eigenvalue weighted by atomic mass is 9.99. The van der Waals surface area contributed by atoms with Crippen LogP contribution in [-0.2, 0) is 9.53 Å². The van der Waals surface area contributed by atoms with Crippen molar-refractivity contribution in [1.29, 1.82) is 0 Å². The van der Waals surface area contributed by atoms with Crippen molar-refractivity contribution in [3.05, 3.63) is 42.1 Å². The van der Waals surface area contributed by atoms with E-state index in [0.717, 1.165) is 0 Å². The van der Waals surface area contributed by atoms with E-state index >= 15 is 0 Å². The van der Waals surface area contributed by atoms with Gasteiger partial charge in [-0.15, -0.1) is 11.3 Å². The summed E-state index contributed by atoms with van der Waals surface area (Å²) < 4.78 is 6.26. The molecule has 1 amide bonds. The lowest BCUT2D eigenvalue weighted by molar-refractivity contribution is -0.120. The third-order valence-corrected chi connectivity index (χ3v) is 5.01. The van der Waals surface area contributed by atoms with Crippen molar-refractivity contribution >= 4 is 34.0 Å². The molecule has 0 aliphatic carbocycles. The van der Waals surface area contributed by atoms with Crippen LogP contribution in [0.5, 0.6) is 0 Å². The molecule has 3 aromatic rings. The highest BCUT2D eigenvalue weighted by atomic mass is 32.1. The van der Waals surface area contributed by atoms with E-state index in [0.29, 0.717) is 35.3 Å². The van der Waals surface area contributed by atoms with Gasteiger partial charge < -0.3 is 15.0 Å². The number of nitrogens with zero attached hydrogens (tertiary/aromatic N) is 6. The summed E-state index contributed by atoms with van der Waals surface area (Å²) in [5.74, 6) is 0.521. The summed E-state index contributed by atoms with van der Waals surface area (Å²) in [6.45, 7) is 1.05.